The molecule has 0 amide bonds. The molecule has 0 nitrogen and oxygen atoms in total. The van der Waals surface area contributed by atoms with Crippen LogP contribution in [0, 0.1) is 0 Å². The van der Waals surface area contributed by atoms with Crippen LogP contribution in [0.3, 0.4) is 0 Å². The second-order valence-corrected chi connectivity index (χ2v) is 6.85. The maximum absolute atomic E-state index is 12.4. The van der Waals surface area contributed by atoms with Gasteiger partial charge in [-0.05, 0) is 48.8 Å². The van der Waals surface area contributed by atoms with Gasteiger partial charge >= 0.3 is 0 Å². The van der Waals surface area contributed by atoms with Crippen molar-refractivity contribution in [2.75, 3.05) is 0 Å². The van der Waals surface area contributed by atoms with Gasteiger partial charge in [0.2, 0.25) is 0 Å². The highest BCUT2D eigenvalue weighted by atomic mass is 127. The fourth-order valence-electron chi connectivity index (χ4n) is 0.391. The third kappa shape index (κ3) is 2.47. The smallest absolute Gasteiger partial charge is 0.157 e. The van der Waals surface area contributed by atoms with Crippen LogP contribution < -0.4 is 0 Å². The summed E-state index contributed by atoms with van der Waals surface area (Å²) in [5.74, 6) is 0. The van der Waals surface area contributed by atoms with Crippen LogP contribution in [0.25, 0.3) is 0 Å². The molecule has 0 aromatic rings. The van der Waals surface area contributed by atoms with Gasteiger partial charge in [0, 0.05) is 5.03 Å². The van der Waals surface area contributed by atoms with Crippen LogP contribution in [-0.4, -0.2) is 2.42 Å². The zero-order valence-corrected chi connectivity index (χ0v) is 8.67. The van der Waals surface area contributed by atoms with Gasteiger partial charge in [0.25, 0.3) is 0 Å². The molecule has 1 heterocycles. The first-order valence-corrected chi connectivity index (χ1v) is 5.43. The molecule has 1 aliphatic heterocycles. The Morgan fingerprint density at radius 2 is 2.22 bits per heavy atom. The van der Waals surface area contributed by atoms with E-state index in [1.807, 2.05) is 0 Å². The van der Waals surface area contributed by atoms with E-state index in [9.17, 15) is 4.39 Å². The van der Waals surface area contributed by atoms with Crippen LogP contribution in [0.1, 0.15) is 0 Å². The molecular formula is C5H2BrClFI. The van der Waals surface area contributed by atoms with Crippen molar-refractivity contribution in [2.45, 2.75) is 0 Å². The number of hydrogen-bond donors (Lipinski definition) is 0. The second-order valence-electron chi connectivity index (χ2n) is 1.35. The zero-order chi connectivity index (χ0) is 6.85. The van der Waals surface area contributed by atoms with Gasteiger partial charge in [-0.3, -0.25) is 0 Å². The summed E-state index contributed by atoms with van der Waals surface area (Å²) in [4.78, 5) is 0. The van der Waals surface area contributed by atoms with Crippen molar-refractivity contribution in [2.24, 2.45) is 0 Å². The van der Waals surface area contributed by atoms with Crippen molar-refractivity contribution >= 4 is 50.7 Å². The maximum atomic E-state index is 12.4. The molecule has 0 unspecified atom stereocenters. The topological polar surface area (TPSA) is 0 Å². The molecule has 0 N–H and O–H groups in total. The summed E-state index contributed by atoms with van der Waals surface area (Å²) in [5.41, 5.74) is 0. The van der Waals surface area contributed by atoms with Crippen LogP contribution in [0.15, 0.2) is 21.0 Å². The number of hydrogen-bond acceptors (Lipinski definition) is 0. The van der Waals surface area contributed by atoms with Gasteiger partial charge in [-0.2, -0.15) is 0 Å². The number of allylic oxidation sites excluding steroid dienone is 3. The molecule has 0 aliphatic carbocycles. The Hall–Kier alpha value is 0.780. The van der Waals surface area contributed by atoms with Gasteiger partial charge in [0.15, 0.2) is 3.83 Å². The van der Waals surface area contributed by atoms with Crippen LogP contribution in [0.5, 0.6) is 0 Å². The summed E-state index contributed by atoms with van der Waals surface area (Å²) in [6.07, 6.45) is 3.09. The summed E-state index contributed by atoms with van der Waals surface area (Å²) < 4.78 is 13.2. The average Bonchev–Trinajstić information content (AvgIpc) is 1.59. The lowest BCUT2D eigenvalue weighted by atomic mass is 10.5. The Labute approximate surface area is 75.6 Å². The van der Waals surface area contributed by atoms with Crippen LogP contribution in [-0.2, 0) is 0 Å². The second kappa shape index (κ2) is 3.25. The van der Waals surface area contributed by atoms with E-state index in [0.29, 0.717) is 5.03 Å². The minimum Gasteiger partial charge on any atom is -0.200 e. The van der Waals surface area contributed by atoms with E-state index in [1.165, 1.54) is 6.08 Å². The SMILES string of the molecule is FC1=CC(Cl)=CC(Br)=I1. The van der Waals surface area contributed by atoms with Crippen LogP contribution >= 0.6 is 48.3 Å². The molecule has 4 heteroatoms. The first kappa shape index (κ1) is 7.88. The molecule has 0 radical (unpaired) electrons. The van der Waals surface area contributed by atoms with Crippen molar-refractivity contribution in [3.05, 3.63) is 21.0 Å². The highest BCUT2D eigenvalue weighted by Gasteiger charge is 2.01. The van der Waals surface area contributed by atoms with Gasteiger partial charge in [-0.1, -0.05) is 11.6 Å². The van der Waals surface area contributed by atoms with Gasteiger partial charge in [-0.15, -0.1) is 0 Å². The third-order valence-corrected chi connectivity index (χ3v) is 3.78. The molecular weight excluding hydrogens is 321 g/mol. The number of halogens is 4. The normalized spacial score (nSPS) is 19.2. The predicted octanol–water partition coefficient (Wildman–Crippen LogP) is 3.43. The average molecular weight is 323 g/mol. The molecule has 0 atom stereocenters. The van der Waals surface area contributed by atoms with Gasteiger partial charge in [-0.25, -0.2) is 4.39 Å². The minimum atomic E-state index is -0.571. The summed E-state index contributed by atoms with van der Waals surface area (Å²) >= 11 is 8.14. The Bertz CT molecular complexity index is 173. The molecule has 0 aromatic carbocycles. The molecule has 0 fully saturated rings. The summed E-state index contributed by atoms with van der Waals surface area (Å²) in [5, 5.41) is 0.463. The molecule has 50 valence electrons. The monoisotopic (exact) mass is 322 g/mol. The summed E-state index contributed by atoms with van der Waals surface area (Å²) in [6.45, 7) is 0. The van der Waals surface area contributed by atoms with Crippen molar-refractivity contribution in [1.82, 2.24) is 0 Å². The Kier molecular flexibility index (Phi) is 2.85. The molecule has 9 heavy (non-hydrogen) atoms. The molecule has 0 bridgehead atoms. The van der Waals surface area contributed by atoms with E-state index < -0.39 is 20.7 Å². The first-order valence-electron chi connectivity index (χ1n) is 2.10. The Morgan fingerprint density at radius 3 is 2.67 bits per heavy atom. The molecule has 0 spiro atoms. The lowest BCUT2D eigenvalue weighted by Gasteiger charge is -1.96. The van der Waals surface area contributed by atoms with Gasteiger partial charge < -0.3 is 0 Å². The molecule has 0 aromatic heterocycles. The van der Waals surface area contributed by atoms with Crippen LogP contribution in [0.4, 0.5) is 4.39 Å². The standard InChI is InChI=1S/C5H2BrClFI/c6-4-1-3(7)2-5(8)9-4/h1-2H. The fourth-order valence-corrected chi connectivity index (χ4v) is 3.78. The fraction of sp³-hybridized carbons (Fsp3) is 0. The molecule has 1 aliphatic rings. The Morgan fingerprint density at radius 1 is 1.56 bits per heavy atom. The van der Waals surface area contributed by atoms with Crippen molar-refractivity contribution in [3.8, 4) is 0 Å². The minimum absolute atomic E-state index is 0.0897. The van der Waals surface area contributed by atoms with Crippen molar-refractivity contribution in [1.29, 1.82) is 0 Å². The van der Waals surface area contributed by atoms with E-state index >= 15 is 0 Å². The maximum Gasteiger partial charge on any atom is 0.157 e. The molecule has 0 saturated carbocycles. The first-order chi connectivity index (χ1) is 4.18. The van der Waals surface area contributed by atoms with Crippen molar-refractivity contribution in [3.63, 3.8) is 0 Å². The van der Waals surface area contributed by atoms with Crippen LogP contribution in [0.2, 0.25) is 0 Å². The lowest BCUT2D eigenvalue weighted by Crippen LogP contribution is -1.79. The van der Waals surface area contributed by atoms with E-state index in [-0.39, 0.29) is 3.83 Å². The zero-order valence-electron chi connectivity index (χ0n) is 4.17. The number of rotatable bonds is 0. The third-order valence-electron chi connectivity index (χ3n) is 0.675. The van der Waals surface area contributed by atoms with E-state index in [4.69, 9.17) is 11.6 Å². The van der Waals surface area contributed by atoms with E-state index in [2.05, 4.69) is 15.9 Å². The summed E-state index contributed by atoms with van der Waals surface area (Å²) in [6, 6.07) is 0. The van der Waals surface area contributed by atoms with Gasteiger partial charge in [0.05, 0.1) is 2.42 Å². The quantitative estimate of drug-likeness (QED) is 0.599. The largest absolute Gasteiger partial charge is 0.200 e. The molecule has 0 saturated heterocycles. The van der Waals surface area contributed by atoms with E-state index in [1.54, 1.807) is 6.08 Å². The van der Waals surface area contributed by atoms with E-state index in [0.717, 1.165) is 2.42 Å². The highest BCUT2D eigenvalue weighted by Crippen LogP contribution is 2.28. The Balaban J connectivity index is 2.98. The molecule has 1 rings (SSSR count). The van der Waals surface area contributed by atoms with Crippen molar-refractivity contribution < 1.29 is 4.39 Å². The van der Waals surface area contributed by atoms with Gasteiger partial charge in [0.1, 0.15) is 0 Å². The summed E-state index contributed by atoms with van der Waals surface area (Å²) in [7, 11) is 0. The lowest BCUT2D eigenvalue weighted by molar-refractivity contribution is 0.711. The predicted molar refractivity (Wildman–Crippen MR) is 51.1 cm³/mol. The highest BCUT2D eigenvalue weighted by molar-refractivity contribution is 14.2.